The van der Waals surface area contributed by atoms with E-state index in [9.17, 15) is 14.9 Å². The lowest BCUT2D eigenvalue weighted by molar-refractivity contribution is -0.384. The molecule has 0 saturated carbocycles. The van der Waals surface area contributed by atoms with Gasteiger partial charge >= 0.3 is 0 Å². The summed E-state index contributed by atoms with van der Waals surface area (Å²) in [4.78, 5) is 24.4. The van der Waals surface area contributed by atoms with Crippen molar-refractivity contribution in [2.45, 2.75) is 38.3 Å². The molecule has 1 aromatic rings. The summed E-state index contributed by atoms with van der Waals surface area (Å²) in [6, 6.07) is 5.06. The molecule has 0 aromatic heterocycles. The molecule has 2 heterocycles. The largest absolute Gasteiger partial charge is 0.382 e. The number of amides is 1. The molecule has 2 unspecified atom stereocenters. The zero-order chi connectivity index (χ0) is 14.3. The Hall–Kier alpha value is -2.11. The second-order valence-electron chi connectivity index (χ2n) is 5.52. The molecule has 6 nitrogen and oxygen atoms in total. The van der Waals surface area contributed by atoms with E-state index in [4.69, 9.17) is 0 Å². The van der Waals surface area contributed by atoms with Crippen LogP contribution in [0.4, 0.5) is 11.4 Å². The Bertz CT molecular complexity index is 573. The van der Waals surface area contributed by atoms with Crippen LogP contribution in [-0.2, 0) is 4.79 Å². The van der Waals surface area contributed by atoms with E-state index in [-0.39, 0.29) is 28.6 Å². The first-order valence-corrected chi connectivity index (χ1v) is 6.90. The van der Waals surface area contributed by atoms with Gasteiger partial charge in [0.2, 0.25) is 5.91 Å². The van der Waals surface area contributed by atoms with Crippen molar-refractivity contribution in [1.82, 2.24) is 4.90 Å². The highest BCUT2D eigenvalue weighted by atomic mass is 16.6. The van der Waals surface area contributed by atoms with Crippen LogP contribution in [0.1, 0.15) is 37.8 Å². The van der Waals surface area contributed by atoms with Gasteiger partial charge in [-0.15, -0.1) is 0 Å². The molecule has 2 atom stereocenters. The summed E-state index contributed by atoms with van der Waals surface area (Å²) >= 11 is 0. The molecule has 1 aromatic carbocycles. The van der Waals surface area contributed by atoms with Crippen molar-refractivity contribution in [3.63, 3.8) is 0 Å². The predicted octanol–water partition coefficient (Wildman–Crippen LogP) is 2.46. The van der Waals surface area contributed by atoms with Gasteiger partial charge in [0, 0.05) is 42.4 Å². The van der Waals surface area contributed by atoms with E-state index in [2.05, 4.69) is 12.2 Å². The second-order valence-corrected chi connectivity index (χ2v) is 5.52. The Balaban J connectivity index is 2.02. The van der Waals surface area contributed by atoms with Gasteiger partial charge in [-0.1, -0.05) is 0 Å². The lowest BCUT2D eigenvalue weighted by atomic mass is 9.92. The molecular weight excluding hydrogens is 258 g/mol. The molecule has 0 aliphatic carbocycles. The zero-order valence-electron chi connectivity index (χ0n) is 11.3. The molecule has 0 bridgehead atoms. The molecule has 20 heavy (non-hydrogen) atoms. The van der Waals surface area contributed by atoms with Crippen LogP contribution in [0.2, 0.25) is 0 Å². The van der Waals surface area contributed by atoms with Gasteiger partial charge in [0.1, 0.15) is 0 Å². The fourth-order valence-corrected chi connectivity index (χ4v) is 3.15. The number of anilines is 1. The number of carbonyl (C=O) groups excluding carboxylic acids is 1. The smallest absolute Gasteiger partial charge is 0.269 e. The molecule has 1 N–H and O–H groups in total. The highest BCUT2D eigenvalue weighted by Crippen LogP contribution is 2.40. The molecule has 2 aliphatic heterocycles. The summed E-state index contributed by atoms with van der Waals surface area (Å²) in [6.45, 7) is 2.82. The zero-order valence-corrected chi connectivity index (χ0v) is 11.3. The molecular formula is C14H17N3O3. The topological polar surface area (TPSA) is 75.5 Å². The third-order valence-electron chi connectivity index (χ3n) is 4.07. The highest BCUT2D eigenvalue weighted by molar-refractivity contribution is 5.79. The van der Waals surface area contributed by atoms with Crippen molar-refractivity contribution in [2.24, 2.45) is 0 Å². The molecule has 1 fully saturated rings. The third kappa shape index (κ3) is 2.11. The first-order chi connectivity index (χ1) is 9.56. The van der Waals surface area contributed by atoms with Gasteiger partial charge in [0.05, 0.1) is 11.0 Å². The minimum absolute atomic E-state index is 0.0452. The Morgan fingerprint density at radius 1 is 1.45 bits per heavy atom. The first-order valence-electron chi connectivity index (χ1n) is 6.90. The summed E-state index contributed by atoms with van der Waals surface area (Å²) in [6.07, 6.45) is 2.25. The Kier molecular flexibility index (Phi) is 3.08. The van der Waals surface area contributed by atoms with E-state index < -0.39 is 0 Å². The van der Waals surface area contributed by atoms with Crippen LogP contribution in [0.25, 0.3) is 0 Å². The van der Waals surface area contributed by atoms with E-state index >= 15 is 0 Å². The van der Waals surface area contributed by atoms with Gasteiger partial charge in [-0.25, -0.2) is 0 Å². The van der Waals surface area contributed by atoms with Crippen molar-refractivity contribution >= 4 is 17.3 Å². The molecule has 3 rings (SSSR count). The summed E-state index contributed by atoms with van der Waals surface area (Å²) in [7, 11) is 0. The Morgan fingerprint density at radius 3 is 2.90 bits per heavy atom. The normalized spacial score (nSPS) is 25.2. The fourth-order valence-electron chi connectivity index (χ4n) is 3.15. The predicted molar refractivity (Wildman–Crippen MR) is 74.5 cm³/mol. The van der Waals surface area contributed by atoms with Crippen LogP contribution in [0, 0.1) is 10.1 Å². The van der Waals surface area contributed by atoms with E-state index in [0.717, 1.165) is 30.6 Å². The lowest BCUT2D eigenvalue weighted by Gasteiger charge is -2.36. The molecule has 1 amide bonds. The third-order valence-corrected chi connectivity index (χ3v) is 4.07. The minimum Gasteiger partial charge on any atom is -0.382 e. The van der Waals surface area contributed by atoms with Crippen LogP contribution < -0.4 is 5.32 Å². The number of benzene rings is 1. The number of fused-ring (bicyclic) bond motifs is 1. The Morgan fingerprint density at radius 2 is 2.25 bits per heavy atom. The molecule has 2 aliphatic rings. The van der Waals surface area contributed by atoms with E-state index in [1.165, 1.54) is 6.07 Å². The van der Waals surface area contributed by atoms with Crippen LogP contribution >= 0.6 is 0 Å². The molecule has 1 saturated heterocycles. The molecule has 0 spiro atoms. The van der Waals surface area contributed by atoms with Crippen molar-refractivity contribution in [3.05, 3.63) is 33.9 Å². The first kappa shape index (κ1) is 12.9. The maximum absolute atomic E-state index is 12.0. The number of hydrogen-bond donors (Lipinski definition) is 1. The number of hydrogen-bond acceptors (Lipinski definition) is 4. The quantitative estimate of drug-likeness (QED) is 0.664. The number of nitrogens with zero attached hydrogens (tertiary/aromatic N) is 2. The summed E-state index contributed by atoms with van der Waals surface area (Å²) in [5.41, 5.74) is 1.85. The average Bonchev–Trinajstić information content (AvgIpc) is 2.83. The van der Waals surface area contributed by atoms with E-state index in [0.29, 0.717) is 6.42 Å². The van der Waals surface area contributed by atoms with Gasteiger partial charge in [0.15, 0.2) is 0 Å². The second kappa shape index (κ2) is 4.77. The fraction of sp³-hybridized carbons (Fsp3) is 0.500. The number of nitrogens with one attached hydrogen (secondary N) is 1. The average molecular weight is 275 g/mol. The monoisotopic (exact) mass is 275 g/mol. The number of likely N-dealkylation sites (tertiary alicyclic amines) is 1. The van der Waals surface area contributed by atoms with Gasteiger partial charge < -0.3 is 10.2 Å². The summed E-state index contributed by atoms with van der Waals surface area (Å²) in [5.74, 6) is 0.154. The summed E-state index contributed by atoms with van der Waals surface area (Å²) in [5, 5.41) is 14.3. The van der Waals surface area contributed by atoms with Crippen molar-refractivity contribution in [3.8, 4) is 0 Å². The minimum atomic E-state index is -0.388. The van der Waals surface area contributed by atoms with E-state index in [1.54, 1.807) is 12.1 Å². The highest BCUT2D eigenvalue weighted by Gasteiger charge is 2.34. The standard InChI is InChI=1S/C14H17N3O3/c1-9-7-13(16-6-2-3-14(16)18)11-8-10(17(19)20)4-5-12(11)15-9/h4-5,8-9,13,15H,2-3,6-7H2,1H3. The Labute approximate surface area is 116 Å². The maximum Gasteiger partial charge on any atom is 0.269 e. The number of nitro groups is 1. The van der Waals surface area contributed by atoms with Crippen molar-refractivity contribution in [1.29, 1.82) is 0 Å². The van der Waals surface area contributed by atoms with Crippen LogP contribution in [0.15, 0.2) is 18.2 Å². The van der Waals surface area contributed by atoms with Crippen LogP contribution in [0.3, 0.4) is 0 Å². The number of non-ortho nitro benzene ring substituents is 1. The van der Waals surface area contributed by atoms with Crippen LogP contribution in [0.5, 0.6) is 0 Å². The van der Waals surface area contributed by atoms with Gasteiger partial charge in [0.25, 0.3) is 5.69 Å². The van der Waals surface area contributed by atoms with Crippen molar-refractivity contribution < 1.29 is 9.72 Å². The van der Waals surface area contributed by atoms with Crippen molar-refractivity contribution in [2.75, 3.05) is 11.9 Å². The summed E-state index contributed by atoms with van der Waals surface area (Å²) < 4.78 is 0. The number of nitro benzene ring substituents is 1. The maximum atomic E-state index is 12.0. The molecule has 106 valence electrons. The molecule has 0 radical (unpaired) electrons. The van der Waals surface area contributed by atoms with Gasteiger partial charge in [-0.3, -0.25) is 14.9 Å². The van der Waals surface area contributed by atoms with E-state index in [1.807, 2.05) is 4.90 Å². The van der Waals surface area contributed by atoms with Crippen LogP contribution in [-0.4, -0.2) is 28.3 Å². The lowest BCUT2D eigenvalue weighted by Crippen LogP contribution is -2.37. The van der Waals surface area contributed by atoms with Gasteiger partial charge in [-0.05, 0) is 25.8 Å². The number of rotatable bonds is 2. The SMILES string of the molecule is CC1CC(N2CCCC2=O)c2cc([N+](=O)[O-])ccc2N1. The van der Waals surface area contributed by atoms with Gasteiger partial charge in [-0.2, -0.15) is 0 Å². The number of carbonyl (C=O) groups is 1. The molecule has 6 heteroatoms.